The molecule has 1 saturated carbocycles. The van der Waals surface area contributed by atoms with Crippen LogP contribution in [0.4, 0.5) is 0 Å². The van der Waals surface area contributed by atoms with E-state index in [1.807, 2.05) is 23.7 Å². The van der Waals surface area contributed by atoms with Crippen molar-refractivity contribution in [3.63, 3.8) is 0 Å². The second-order valence-corrected chi connectivity index (χ2v) is 7.63. The second-order valence-electron chi connectivity index (χ2n) is 7.63. The van der Waals surface area contributed by atoms with Gasteiger partial charge in [-0.25, -0.2) is 0 Å². The van der Waals surface area contributed by atoms with Crippen LogP contribution in [0, 0.1) is 13.8 Å². The van der Waals surface area contributed by atoms with E-state index in [9.17, 15) is 4.79 Å². The van der Waals surface area contributed by atoms with Gasteiger partial charge in [0.2, 0.25) is 5.91 Å². The molecule has 1 N–H and O–H groups in total. The maximum Gasteiger partial charge on any atom is 0.230 e. The summed E-state index contributed by atoms with van der Waals surface area (Å²) < 4.78 is 7.29. The molecule has 1 aromatic heterocycles. The number of hydrogen-bond donors (Lipinski definition) is 1. The summed E-state index contributed by atoms with van der Waals surface area (Å²) >= 11 is 0. The van der Waals surface area contributed by atoms with Crippen LogP contribution in [0.5, 0.6) is 5.75 Å². The van der Waals surface area contributed by atoms with E-state index in [4.69, 9.17) is 4.74 Å². The molecule has 146 valence electrons. The normalized spacial score (nSPS) is 16.1. The average Bonchev–Trinajstić information content (AvgIpc) is 3.02. The summed E-state index contributed by atoms with van der Waals surface area (Å²) in [6, 6.07) is 10.1. The van der Waals surface area contributed by atoms with Gasteiger partial charge in [0.05, 0.1) is 18.2 Å². The number of carbonyl (C=O) groups excluding carboxylic acids is 1. The van der Waals surface area contributed by atoms with E-state index in [0.29, 0.717) is 6.54 Å². The zero-order valence-electron chi connectivity index (χ0n) is 16.8. The van der Waals surface area contributed by atoms with E-state index in [0.717, 1.165) is 55.7 Å². The molecule has 0 saturated heterocycles. The van der Waals surface area contributed by atoms with Crippen LogP contribution in [0.25, 0.3) is 0 Å². The quantitative estimate of drug-likeness (QED) is 0.753. The predicted octanol–water partition coefficient (Wildman–Crippen LogP) is 3.92. The molecule has 1 aliphatic rings. The Morgan fingerprint density at radius 3 is 2.48 bits per heavy atom. The summed E-state index contributed by atoms with van der Waals surface area (Å²) in [7, 11) is 1.67. The molecule has 0 unspecified atom stereocenters. The van der Waals surface area contributed by atoms with Crippen LogP contribution in [0.2, 0.25) is 0 Å². The molecule has 5 nitrogen and oxygen atoms in total. The maximum atomic E-state index is 13.2. The number of hydrogen-bond acceptors (Lipinski definition) is 3. The van der Waals surface area contributed by atoms with Crippen molar-refractivity contribution >= 4 is 5.91 Å². The number of methoxy groups -OCH3 is 1. The molecule has 0 spiro atoms. The van der Waals surface area contributed by atoms with Gasteiger partial charge in [0.25, 0.3) is 0 Å². The molecule has 1 fully saturated rings. The zero-order chi connectivity index (χ0) is 19.3. The summed E-state index contributed by atoms with van der Waals surface area (Å²) in [6.07, 6.45) is 6.14. The average molecular weight is 370 g/mol. The van der Waals surface area contributed by atoms with E-state index >= 15 is 0 Å². The molecule has 3 rings (SSSR count). The van der Waals surface area contributed by atoms with Crippen molar-refractivity contribution in [1.82, 2.24) is 15.1 Å². The Kier molecular flexibility index (Phi) is 6.19. The highest BCUT2D eigenvalue weighted by Crippen LogP contribution is 2.40. The Labute approximate surface area is 162 Å². The van der Waals surface area contributed by atoms with Crippen molar-refractivity contribution in [2.24, 2.45) is 0 Å². The minimum absolute atomic E-state index is 0.167. The molecule has 1 aromatic carbocycles. The molecule has 27 heavy (non-hydrogen) atoms. The monoisotopic (exact) mass is 369 g/mol. The lowest BCUT2D eigenvalue weighted by Gasteiger charge is -2.36. The summed E-state index contributed by atoms with van der Waals surface area (Å²) in [5.41, 5.74) is 2.92. The van der Waals surface area contributed by atoms with Gasteiger partial charge in [-0.2, -0.15) is 5.10 Å². The highest BCUT2D eigenvalue weighted by Gasteiger charge is 2.40. The second kappa shape index (κ2) is 8.59. The lowest BCUT2D eigenvalue weighted by Crippen LogP contribution is -2.46. The van der Waals surface area contributed by atoms with Gasteiger partial charge in [-0.15, -0.1) is 0 Å². The number of rotatable bonds is 7. The van der Waals surface area contributed by atoms with Gasteiger partial charge < -0.3 is 10.1 Å². The molecule has 5 heteroatoms. The number of nitrogens with zero attached hydrogens (tertiary/aromatic N) is 2. The summed E-state index contributed by atoms with van der Waals surface area (Å²) in [4.78, 5) is 13.2. The first-order chi connectivity index (χ1) is 13.0. The molecule has 2 aromatic rings. The smallest absolute Gasteiger partial charge is 0.230 e. The van der Waals surface area contributed by atoms with Crippen LogP contribution >= 0.6 is 0 Å². The van der Waals surface area contributed by atoms with Crippen molar-refractivity contribution in [1.29, 1.82) is 0 Å². The molecule has 1 amide bonds. The molecular formula is C22H31N3O2. The van der Waals surface area contributed by atoms with Crippen molar-refractivity contribution in [2.75, 3.05) is 13.7 Å². The first-order valence-electron chi connectivity index (χ1n) is 9.99. The van der Waals surface area contributed by atoms with Crippen LogP contribution < -0.4 is 10.1 Å². The van der Waals surface area contributed by atoms with Gasteiger partial charge in [-0.3, -0.25) is 9.48 Å². The van der Waals surface area contributed by atoms with Crippen molar-refractivity contribution in [2.45, 2.75) is 64.3 Å². The van der Waals surface area contributed by atoms with Gasteiger partial charge in [0.1, 0.15) is 5.75 Å². The molecule has 0 aliphatic heterocycles. The van der Waals surface area contributed by atoms with E-state index < -0.39 is 5.41 Å². The number of benzene rings is 1. The third-order valence-electron chi connectivity index (χ3n) is 5.72. The molecule has 0 atom stereocenters. The maximum absolute atomic E-state index is 13.2. The number of amides is 1. The fourth-order valence-corrected chi connectivity index (χ4v) is 4.21. The van der Waals surface area contributed by atoms with Crippen LogP contribution in [0.1, 0.15) is 55.5 Å². The van der Waals surface area contributed by atoms with E-state index in [1.165, 1.54) is 12.1 Å². The van der Waals surface area contributed by atoms with E-state index in [1.54, 1.807) is 7.11 Å². The summed E-state index contributed by atoms with van der Waals surface area (Å²) in [6.45, 7) is 5.58. The fraction of sp³-hybridized carbons (Fsp3) is 0.545. The third-order valence-corrected chi connectivity index (χ3v) is 5.72. The van der Waals surface area contributed by atoms with E-state index in [2.05, 4.69) is 35.5 Å². The highest BCUT2D eigenvalue weighted by atomic mass is 16.5. The topological polar surface area (TPSA) is 56.1 Å². The Morgan fingerprint density at radius 2 is 1.89 bits per heavy atom. The van der Waals surface area contributed by atoms with Crippen LogP contribution in [-0.2, 0) is 16.8 Å². The van der Waals surface area contributed by atoms with Gasteiger partial charge >= 0.3 is 0 Å². The summed E-state index contributed by atoms with van der Waals surface area (Å²) in [5, 5.41) is 7.69. The minimum Gasteiger partial charge on any atom is -0.497 e. The molecule has 1 heterocycles. The van der Waals surface area contributed by atoms with Crippen molar-refractivity contribution < 1.29 is 9.53 Å². The standard InChI is InChI=1S/C22H31N3O2/c1-17-16-18(2)25(24-17)15-7-14-23-21(26)22(12-5-4-6-13-22)19-8-10-20(27-3)11-9-19/h8-11,16H,4-7,12-15H2,1-3H3,(H,23,26). The third kappa shape index (κ3) is 4.34. The van der Waals surface area contributed by atoms with Crippen LogP contribution in [0.3, 0.4) is 0 Å². The number of ether oxygens (including phenoxy) is 1. The Morgan fingerprint density at radius 1 is 1.19 bits per heavy atom. The van der Waals surface area contributed by atoms with Gasteiger partial charge in [-0.05, 0) is 56.9 Å². The number of aryl methyl sites for hydroxylation is 3. The number of aromatic nitrogens is 2. The summed E-state index contributed by atoms with van der Waals surface area (Å²) in [5.74, 6) is 0.996. The fourth-order valence-electron chi connectivity index (χ4n) is 4.21. The van der Waals surface area contributed by atoms with Crippen LogP contribution in [-0.4, -0.2) is 29.3 Å². The SMILES string of the molecule is COc1ccc(C2(C(=O)NCCCn3nc(C)cc3C)CCCCC2)cc1. The van der Waals surface area contributed by atoms with Gasteiger partial charge in [0, 0.05) is 18.8 Å². The van der Waals surface area contributed by atoms with E-state index in [-0.39, 0.29) is 5.91 Å². The lowest BCUT2D eigenvalue weighted by atomic mass is 9.68. The zero-order valence-corrected chi connectivity index (χ0v) is 16.8. The molecule has 0 bridgehead atoms. The lowest BCUT2D eigenvalue weighted by molar-refractivity contribution is -0.128. The van der Waals surface area contributed by atoms with Crippen molar-refractivity contribution in [3.05, 3.63) is 47.3 Å². The Hall–Kier alpha value is -2.30. The molecule has 0 radical (unpaired) electrons. The van der Waals surface area contributed by atoms with Gasteiger partial charge in [-0.1, -0.05) is 31.4 Å². The number of nitrogens with one attached hydrogen (secondary N) is 1. The largest absolute Gasteiger partial charge is 0.497 e. The molecule has 1 aliphatic carbocycles. The molecular weight excluding hydrogens is 338 g/mol. The predicted molar refractivity (Wildman–Crippen MR) is 107 cm³/mol. The Bertz CT molecular complexity index is 758. The van der Waals surface area contributed by atoms with Gasteiger partial charge in [0.15, 0.2) is 0 Å². The highest BCUT2D eigenvalue weighted by molar-refractivity contribution is 5.88. The first kappa shape index (κ1) is 19.5. The minimum atomic E-state index is -0.400. The van der Waals surface area contributed by atoms with Crippen molar-refractivity contribution in [3.8, 4) is 5.75 Å². The number of carbonyl (C=O) groups is 1. The first-order valence-corrected chi connectivity index (χ1v) is 9.99. The van der Waals surface area contributed by atoms with Crippen LogP contribution in [0.15, 0.2) is 30.3 Å². The Balaban J connectivity index is 1.63.